The first-order valence-electron chi connectivity index (χ1n) is 6.20. The quantitative estimate of drug-likeness (QED) is 0.589. The fraction of sp³-hybridized carbons (Fsp3) is 0.750. The van der Waals surface area contributed by atoms with Crippen LogP contribution in [-0.4, -0.2) is 52.0 Å². The van der Waals surface area contributed by atoms with Crippen LogP contribution in [0.15, 0.2) is 0 Å². The lowest BCUT2D eigenvalue weighted by Gasteiger charge is -2.43. The average molecular weight is 286 g/mol. The highest BCUT2D eigenvalue weighted by molar-refractivity contribution is 8.01. The van der Waals surface area contributed by atoms with Crippen molar-refractivity contribution in [2.75, 3.05) is 7.11 Å². The maximum absolute atomic E-state index is 12.1. The molecule has 0 aromatic carbocycles. The molecule has 6 nitrogen and oxygen atoms in total. The Morgan fingerprint density at radius 2 is 2.11 bits per heavy atom. The number of hydrogen-bond donors (Lipinski definition) is 1. The highest BCUT2D eigenvalue weighted by Crippen LogP contribution is 2.50. The van der Waals surface area contributed by atoms with Crippen LogP contribution in [0.2, 0.25) is 0 Å². The number of nitrogens with one attached hydrogen (secondary N) is 1. The van der Waals surface area contributed by atoms with Crippen molar-refractivity contribution in [3.05, 3.63) is 0 Å². The van der Waals surface area contributed by atoms with Gasteiger partial charge in [-0.05, 0) is 13.8 Å². The van der Waals surface area contributed by atoms with Crippen molar-refractivity contribution in [3.63, 3.8) is 0 Å². The van der Waals surface area contributed by atoms with Crippen LogP contribution in [-0.2, 0) is 19.1 Å². The summed E-state index contributed by atoms with van der Waals surface area (Å²) in [6, 6.07) is -1.11. The molecule has 2 unspecified atom stereocenters. The molecule has 3 atom stereocenters. The lowest BCUT2D eigenvalue weighted by Crippen LogP contribution is -2.70. The van der Waals surface area contributed by atoms with Gasteiger partial charge >= 0.3 is 5.97 Å². The van der Waals surface area contributed by atoms with Crippen LogP contribution < -0.4 is 5.32 Å². The molecule has 0 aromatic rings. The number of fused-ring (bicyclic) bond motifs is 1. The number of rotatable bonds is 3. The number of nitrogens with zero attached hydrogens (tertiary/aromatic N) is 1. The Morgan fingerprint density at radius 1 is 1.47 bits per heavy atom. The van der Waals surface area contributed by atoms with E-state index in [-0.39, 0.29) is 17.2 Å². The number of thioether (sulfide) groups is 1. The van der Waals surface area contributed by atoms with E-state index in [4.69, 9.17) is 4.74 Å². The Bertz CT molecular complexity index is 437. The monoisotopic (exact) mass is 286 g/mol. The van der Waals surface area contributed by atoms with Gasteiger partial charge in [0.1, 0.15) is 17.5 Å². The van der Waals surface area contributed by atoms with Crippen molar-refractivity contribution >= 4 is 29.5 Å². The molecule has 1 N–H and O–H groups in total. The maximum Gasteiger partial charge on any atom is 0.330 e. The minimum atomic E-state index is -0.588. The lowest BCUT2D eigenvalue weighted by molar-refractivity contribution is -0.162. The van der Waals surface area contributed by atoms with Crippen molar-refractivity contribution < 1.29 is 19.1 Å². The maximum atomic E-state index is 12.1. The predicted octanol–water partition coefficient (Wildman–Crippen LogP) is 0.117. The molecule has 2 aliphatic heterocycles. The number of carbonyl (C=O) groups is 3. The number of hydrogen-bond acceptors (Lipinski definition) is 5. The third-order valence-corrected chi connectivity index (χ3v) is 5.07. The third kappa shape index (κ3) is 2.09. The van der Waals surface area contributed by atoms with Crippen molar-refractivity contribution in [3.8, 4) is 0 Å². The normalized spacial score (nSPS) is 31.5. The SMILES string of the molecule is CCC(=O)NC1C(=O)N2C(C(=O)OC)C(C)(C)S[C@H]12. The van der Waals surface area contributed by atoms with Crippen LogP contribution in [0.4, 0.5) is 0 Å². The molecular weight excluding hydrogens is 268 g/mol. The van der Waals surface area contributed by atoms with Gasteiger partial charge in [-0.3, -0.25) is 9.59 Å². The molecule has 0 bridgehead atoms. The number of esters is 1. The summed E-state index contributed by atoms with van der Waals surface area (Å²) in [6.07, 6.45) is 0.338. The molecule has 2 rings (SSSR count). The van der Waals surface area contributed by atoms with E-state index in [1.54, 1.807) is 6.92 Å². The topological polar surface area (TPSA) is 75.7 Å². The lowest BCUT2D eigenvalue weighted by atomic mass is 9.96. The van der Waals surface area contributed by atoms with E-state index in [0.29, 0.717) is 6.42 Å². The minimum absolute atomic E-state index is 0.155. The second kappa shape index (κ2) is 4.70. The van der Waals surface area contributed by atoms with Gasteiger partial charge in [-0.15, -0.1) is 11.8 Å². The standard InChI is InChI=1S/C12H18N2O4S/c1-5-6(15)13-7-9(16)14-8(11(17)18-4)12(2,3)19-10(7)14/h7-8,10H,5H2,1-4H3,(H,13,15)/t7?,8?,10-/m1/s1. The first-order valence-corrected chi connectivity index (χ1v) is 7.08. The summed E-state index contributed by atoms with van der Waals surface area (Å²) in [4.78, 5) is 36.9. The largest absolute Gasteiger partial charge is 0.467 e. The van der Waals surface area contributed by atoms with E-state index in [0.717, 1.165) is 0 Å². The van der Waals surface area contributed by atoms with Gasteiger partial charge in [0.2, 0.25) is 11.8 Å². The molecule has 106 valence electrons. The fourth-order valence-electron chi connectivity index (χ4n) is 2.51. The second-order valence-corrected chi connectivity index (χ2v) is 6.95. The van der Waals surface area contributed by atoms with Crippen LogP contribution in [0.25, 0.3) is 0 Å². The zero-order valence-corrected chi connectivity index (χ0v) is 12.2. The van der Waals surface area contributed by atoms with Crippen LogP contribution in [0, 0.1) is 0 Å². The van der Waals surface area contributed by atoms with Gasteiger partial charge in [0.15, 0.2) is 0 Å². The summed E-state index contributed by atoms with van der Waals surface area (Å²) >= 11 is 1.52. The Labute approximate surface area is 116 Å². The molecule has 2 fully saturated rings. The fourth-order valence-corrected chi connectivity index (χ4v) is 4.13. The molecule has 0 spiro atoms. The Balaban J connectivity index is 2.17. The van der Waals surface area contributed by atoms with E-state index < -0.39 is 22.8 Å². The van der Waals surface area contributed by atoms with Crippen molar-refractivity contribution in [2.45, 2.75) is 49.4 Å². The molecule has 2 heterocycles. The molecule has 2 amide bonds. The van der Waals surface area contributed by atoms with E-state index >= 15 is 0 Å². The number of ether oxygens (including phenoxy) is 1. The van der Waals surface area contributed by atoms with Crippen molar-refractivity contribution in [2.24, 2.45) is 0 Å². The van der Waals surface area contributed by atoms with Crippen molar-refractivity contribution in [1.29, 1.82) is 0 Å². The summed E-state index contributed by atoms with van der Waals surface area (Å²) in [5.41, 5.74) is 0. The molecule has 0 saturated carbocycles. The smallest absolute Gasteiger partial charge is 0.330 e. The van der Waals surface area contributed by atoms with E-state index in [2.05, 4.69) is 5.32 Å². The third-order valence-electron chi connectivity index (χ3n) is 3.50. The van der Waals surface area contributed by atoms with Gasteiger partial charge < -0.3 is 15.0 Å². The highest BCUT2D eigenvalue weighted by Gasteiger charge is 2.64. The molecule has 7 heteroatoms. The second-order valence-electron chi connectivity index (χ2n) is 5.18. The molecule has 19 heavy (non-hydrogen) atoms. The zero-order valence-electron chi connectivity index (χ0n) is 11.4. The van der Waals surface area contributed by atoms with Gasteiger partial charge in [0, 0.05) is 11.2 Å². The molecule has 0 aromatic heterocycles. The number of amides is 2. The van der Waals surface area contributed by atoms with Crippen LogP contribution in [0.3, 0.4) is 0 Å². The Hall–Kier alpha value is -1.24. The Morgan fingerprint density at radius 3 is 2.63 bits per heavy atom. The summed E-state index contributed by atoms with van der Waals surface area (Å²) in [6.45, 7) is 5.55. The predicted molar refractivity (Wildman–Crippen MR) is 70.3 cm³/mol. The zero-order chi connectivity index (χ0) is 14.4. The number of β-lactam (4-membered cyclic amide) rings is 1. The van der Waals surface area contributed by atoms with Crippen LogP contribution in [0.1, 0.15) is 27.2 Å². The first-order chi connectivity index (χ1) is 8.83. The van der Waals surface area contributed by atoms with Gasteiger partial charge in [-0.2, -0.15) is 0 Å². The van der Waals surface area contributed by atoms with Crippen LogP contribution >= 0.6 is 11.8 Å². The van der Waals surface area contributed by atoms with Gasteiger partial charge in [0.25, 0.3) is 0 Å². The van der Waals surface area contributed by atoms with Gasteiger partial charge in [-0.1, -0.05) is 6.92 Å². The Kier molecular flexibility index (Phi) is 3.51. The molecule has 2 saturated heterocycles. The summed E-state index contributed by atoms with van der Waals surface area (Å²) in [7, 11) is 1.32. The highest BCUT2D eigenvalue weighted by atomic mass is 32.2. The number of methoxy groups -OCH3 is 1. The van der Waals surface area contributed by atoms with Crippen molar-refractivity contribution in [1.82, 2.24) is 10.2 Å². The van der Waals surface area contributed by atoms with E-state index in [1.807, 2.05) is 13.8 Å². The molecule has 2 aliphatic rings. The van der Waals surface area contributed by atoms with Gasteiger partial charge in [0.05, 0.1) is 7.11 Å². The summed E-state index contributed by atoms with van der Waals surface area (Å²) in [5.74, 6) is -0.771. The van der Waals surface area contributed by atoms with Gasteiger partial charge in [-0.25, -0.2) is 4.79 Å². The van der Waals surface area contributed by atoms with E-state index in [9.17, 15) is 14.4 Å². The summed E-state index contributed by atoms with van der Waals surface area (Å²) < 4.78 is 4.36. The molecule has 0 radical (unpaired) electrons. The van der Waals surface area contributed by atoms with E-state index in [1.165, 1.54) is 23.8 Å². The van der Waals surface area contributed by atoms with Crippen LogP contribution in [0.5, 0.6) is 0 Å². The average Bonchev–Trinajstić information content (AvgIpc) is 2.63. The minimum Gasteiger partial charge on any atom is -0.467 e. The molecular formula is C12H18N2O4S. The first kappa shape index (κ1) is 14.2. The molecule has 0 aliphatic carbocycles. The summed E-state index contributed by atoms with van der Waals surface area (Å²) in [5, 5.41) is 2.52. The number of carbonyl (C=O) groups excluding carboxylic acids is 3.